The minimum absolute atomic E-state index is 0.156. The molecule has 2 aromatic rings. The average Bonchev–Trinajstić information content (AvgIpc) is 3.22. The topological polar surface area (TPSA) is 63.6 Å². The van der Waals surface area contributed by atoms with E-state index in [1.165, 1.54) is 11.0 Å². The van der Waals surface area contributed by atoms with Gasteiger partial charge in [-0.2, -0.15) is 0 Å². The van der Waals surface area contributed by atoms with Gasteiger partial charge in [-0.15, -0.1) is 11.6 Å². The quantitative estimate of drug-likeness (QED) is 0.841. The van der Waals surface area contributed by atoms with Gasteiger partial charge in [0.1, 0.15) is 17.8 Å². The Hall–Kier alpha value is -2.54. The number of carbonyl (C=O) groups is 2. The van der Waals surface area contributed by atoms with Crippen LogP contribution in [0.25, 0.3) is 5.69 Å². The van der Waals surface area contributed by atoms with E-state index in [9.17, 15) is 14.0 Å². The number of nitrogens with one attached hydrogen (secondary N) is 1. The number of rotatable bonds is 5. The molecule has 1 saturated heterocycles. The lowest BCUT2D eigenvalue weighted by molar-refractivity contribution is -0.119. The predicted octanol–water partition coefficient (Wildman–Crippen LogP) is 2.30. The number of hydrogen-bond donors (Lipinski definition) is 1. The Balaban J connectivity index is 1.71. The zero-order valence-electron chi connectivity index (χ0n) is 12.6. The predicted molar refractivity (Wildman–Crippen MR) is 87.1 cm³/mol. The van der Waals surface area contributed by atoms with Gasteiger partial charge in [-0.05, 0) is 30.3 Å². The molecular weight excluding hydrogens is 337 g/mol. The van der Waals surface area contributed by atoms with Crippen molar-refractivity contribution in [2.75, 3.05) is 23.9 Å². The number of aromatic nitrogens is 1. The number of halogens is 2. The first-order valence-electron chi connectivity index (χ1n) is 7.32. The van der Waals surface area contributed by atoms with Crippen molar-refractivity contribution in [1.82, 2.24) is 9.88 Å². The van der Waals surface area contributed by atoms with E-state index < -0.39 is 18.0 Å². The number of hydrogen-bond acceptors (Lipinski definition) is 3. The highest BCUT2D eigenvalue weighted by Crippen LogP contribution is 2.25. The van der Waals surface area contributed by atoms with Crippen LogP contribution in [0.15, 0.2) is 42.7 Å². The molecule has 8 heteroatoms. The standard InChI is InChI=1S/C16H15ClFN3O3/c17-8-15(22)19-9-12-10-21(16(23)24-12)11-3-4-14(13(18)7-11)20-5-1-2-6-20/h1-7,12H,8-10H2,(H,19,22)/t12-/m0/s1. The number of nitrogens with zero attached hydrogens (tertiary/aromatic N) is 2. The third-order valence-electron chi connectivity index (χ3n) is 3.65. The van der Waals surface area contributed by atoms with Gasteiger partial charge < -0.3 is 14.6 Å². The molecule has 6 nitrogen and oxygen atoms in total. The monoisotopic (exact) mass is 351 g/mol. The molecule has 0 unspecified atom stereocenters. The average molecular weight is 352 g/mol. The van der Waals surface area contributed by atoms with Crippen molar-refractivity contribution < 1.29 is 18.7 Å². The molecule has 0 bridgehead atoms. The molecule has 24 heavy (non-hydrogen) atoms. The maximum atomic E-state index is 14.3. The van der Waals surface area contributed by atoms with Crippen molar-refractivity contribution in [2.45, 2.75) is 6.10 Å². The molecular formula is C16H15ClFN3O3. The highest BCUT2D eigenvalue weighted by molar-refractivity contribution is 6.27. The third-order valence-corrected chi connectivity index (χ3v) is 3.89. The Morgan fingerprint density at radius 1 is 1.38 bits per heavy atom. The second kappa shape index (κ2) is 6.92. The summed E-state index contributed by atoms with van der Waals surface area (Å²) in [6.45, 7) is 0.390. The van der Waals surface area contributed by atoms with E-state index in [1.807, 2.05) is 0 Å². The number of benzene rings is 1. The van der Waals surface area contributed by atoms with E-state index in [1.54, 1.807) is 41.2 Å². The molecule has 1 aromatic carbocycles. The summed E-state index contributed by atoms with van der Waals surface area (Å²) in [4.78, 5) is 24.4. The van der Waals surface area contributed by atoms with Gasteiger partial charge in [0.05, 0.1) is 24.5 Å². The number of amides is 2. The van der Waals surface area contributed by atoms with E-state index in [0.717, 1.165) is 0 Å². The number of alkyl halides is 1. The molecule has 1 atom stereocenters. The minimum Gasteiger partial charge on any atom is -0.442 e. The fourth-order valence-electron chi connectivity index (χ4n) is 2.48. The van der Waals surface area contributed by atoms with Gasteiger partial charge in [0, 0.05) is 12.4 Å². The lowest BCUT2D eigenvalue weighted by Gasteiger charge is -2.14. The van der Waals surface area contributed by atoms with Crippen LogP contribution < -0.4 is 10.2 Å². The van der Waals surface area contributed by atoms with Crippen LogP contribution in [0.2, 0.25) is 0 Å². The van der Waals surface area contributed by atoms with Crippen LogP contribution in [0.3, 0.4) is 0 Å². The first kappa shape index (κ1) is 16.3. The molecule has 0 radical (unpaired) electrons. The van der Waals surface area contributed by atoms with Gasteiger partial charge in [-0.1, -0.05) is 0 Å². The van der Waals surface area contributed by atoms with Gasteiger partial charge in [0.25, 0.3) is 0 Å². The van der Waals surface area contributed by atoms with Crippen LogP contribution in [0.5, 0.6) is 0 Å². The highest BCUT2D eigenvalue weighted by Gasteiger charge is 2.32. The Labute approximate surface area is 142 Å². The Morgan fingerprint density at radius 3 is 2.79 bits per heavy atom. The first-order valence-corrected chi connectivity index (χ1v) is 7.85. The molecule has 126 valence electrons. The lowest BCUT2D eigenvalue weighted by Crippen LogP contribution is -2.35. The summed E-state index contributed by atoms with van der Waals surface area (Å²) in [6.07, 6.45) is 2.39. The van der Waals surface area contributed by atoms with Crippen LogP contribution >= 0.6 is 11.6 Å². The number of cyclic esters (lactones) is 1. The largest absolute Gasteiger partial charge is 0.442 e. The van der Waals surface area contributed by atoms with Crippen molar-refractivity contribution in [3.05, 3.63) is 48.5 Å². The maximum Gasteiger partial charge on any atom is 0.414 e. The van der Waals surface area contributed by atoms with Crippen LogP contribution in [0.4, 0.5) is 14.9 Å². The molecule has 1 aliphatic heterocycles. The summed E-state index contributed by atoms with van der Waals surface area (Å²) >= 11 is 5.39. The van der Waals surface area contributed by atoms with Gasteiger partial charge in [-0.25, -0.2) is 9.18 Å². The number of carbonyl (C=O) groups excluding carboxylic acids is 2. The van der Waals surface area contributed by atoms with E-state index in [2.05, 4.69) is 5.32 Å². The van der Waals surface area contributed by atoms with E-state index in [-0.39, 0.29) is 24.9 Å². The normalized spacial score (nSPS) is 17.0. The molecule has 1 N–H and O–H groups in total. The Morgan fingerprint density at radius 2 is 2.12 bits per heavy atom. The fraction of sp³-hybridized carbons (Fsp3) is 0.250. The van der Waals surface area contributed by atoms with Crippen molar-refractivity contribution >= 4 is 29.3 Å². The molecule has 2 amide bonds. The summed E-state index contributed by atoms with van der Waals surface area (Å²) in [5.41, 5.74) is 0.793. The van der Waals surface area contributed by atoms with Gasteiger partial charge in [0.2, 0.25) is 5.91 Å². The first-order chi connectivity index (χ1) is 11.6. The lowest BCUT2D eigenvalue weighted by atomic mass is 10.2. The van der Waals surface area contributed by atoms with Gasteiger partial charge in [0.15, 0.2) is 0 Å². The highest BCUT2D eigenvalue weighted by atomic mass is 35.5. The SMILES string of the molecule is O=C(CCl)NC[C@H]1CN(c2ccc(-n3cccc3)c(F)c2)C(=O)O1. The second-order valence-corrected chi connectivity index (χ2v) is 5.55. The van der Waals surface area contributed by atoms with Crippen molar-refractivity contribution in [1.29, 1.82) is 0 Å². The summed E-state index contributed by atoms with van der Waals surface area (Å²) in [5, 5.41) is 2.55. The maximum absolute atomic E-state index is 14.3. The minimum atomic E-state index is -0.576. The smallest absolute Gasteiger partial charge is 0.414 e. The summed E-state index contributed by atoms with van der Waals surface area (Å²) < 4.78 is 21.1. The molecule has 1 aromatic heterocycles. The molecule has 2 heterocycles. The third kappa shape index (κ3) is 3.35. The van der Waals surface area contributed by atoms with Crippen LogP contribution in [-0.4, -0.2) is 41.6 Å². The molecule has 1 fully saturated rings. The van der Waals surface area contributed by atoms with Crippen LogP contribution in [0.1, 0.15) is 0 Å². The molecule has 3 rings (SSSR count). The van der Waals surface area contributed by atoms with Crippen LogP contribution in [0, 0.1) is 5.82 Å². The molecule has 0 spiro atoms. The molecule has 1 aliphatic rings. The van der Waals surface area contributed by atoms with Crippen molar-refractivity contribution in [3.63, 3.8) is 0 Å². The zero-order chi connectivity index (χ0) is 17.1. The summed E-state index contributed by atoms with van der Waals surface area (Å²) in [7, 11) is 0. The summed E-state index contributed by atoms with van der Waals surface area (Å²) in [5.74, 6) is -0.945. The molecule has 0 aliphatic carbocycles. The Kier molecular flexibility index (Phi) is 4.71. The van der Waals surface area contributed by atoms with Crippen molar-refractivity contribution in [3.8, 4) is 5.69 Å². The number of ether oxygens (including phenoxy) is 1. The summed E-state index contributed by atoms with van der Waals surface area (Å²) in [6, 6.07) is 8.13. The zero-order valence-corrected chi connectivity index (χ0v) is 13.4. The van der Waals surface area contributed by atoms with E-state index >= 15 is 0 Å². The van der Waals surface area contributed by atoms with Gasteiger partial charge in [-0.3, -0.25) is 9.69 Å². The number of anilines is 1. The Bertz CT molecular complexity index is 751. The van der Waals surface area contributed by atoms with Crippen molar-refractivity contribution in [2.24, 2.45) is 0 Å². The van der Waals surface area contributed by atoms with E-state index in [0.29, 0.717) is 11.4 Å². The van der Waals surface area contributed by atoms with E-state index in [4.69, 9.17) is 16.3 Å². The molecule has 0 saturated carbocycles. The second-order valence-electron chi connectivity index (χ2n) is 5.28. The fourth-order valence-corrected chi connectivity index (χ4v) is 2.58. The van der Waals surface area contributed by atoms with Crippen LogP contribution in [-0.2, 0) is 9.53 Å². The van der Waals surface area contributed by atoms with Gasteiger partial charge >= 0.3 is 6.09 Å².